The van der Waals surface area contributed by atoms with Crippen LogP contribution >= 0.6 is 0 Å². The van der Waals surface area contributed by atoms with Gasteiger partial charge in [0, 0.05) is 19.3 Å². The fourth-order valence-electron chi connectivity index (χ4n) is 8.98. The van der Waals surface area contributed by atoms with Crippen molar-refractivity contribution in [3.63, 3.8) is 0 Å². The zero-order valence-corrected chi connectivity index (χ0v) is 51.6. The standard InChI is InChI=1S/C73H122O6/c1-4-7-10-13-16-19-22-25-27-29-31-32-33-34-35-36-37-38-39-40-42-43-45-48-51-54-57-60-63-66-72(75)78-69-70(68-77-71(74)65-62-59-56-53-50-47-24-21-18-15-12-9-6-3)79-73(76)67-64-61-58-55-52-49-46-44-41-30-28-26-23-20-17-14-11-8-5-2/h7,10,16,19,21,24-28,31-32,34-35,37-38,40,42,45,48,70H,4-6,8-9,11-15,17-18,20,22-23,29-30,33,36,39,41,43-44,46-47,49-69H2,1-3H3/b10-7-,19-16-,24-21-,27-25-,28-26-,32-31-,35-34-,38-37-,42-40-,48-45-. The third-order valence-electron chi connectivity index (χ3n) is 13.9. The van der Waals surface area contributed by atoms with E-state index in [2.05, 4.69) is 142 Å². The molecule has 0 heterocycles. The molecule has 0 bridgehead atoms. The second-order valence-electron chi connectivity index (χ2n) is 21.6. The molecule has 79 heavy (non-hydrogen) atoms. The lowest BCUT2D eigenvalue weighted by Gasteiger charge is -2.18. The molecule has 0 aromatic carbocycles. The summed E-state index contributed by atoms with van der Waals surface area (Å²) in [7, 11) is 0. The average molecular weight is 1100 g/mol. The van der Waals surface area contributed by atoms with Crippen LogP contribution in [0.1, 0.15) is 303 Å². The molecular formula is C73H122O6. The van der Waals surface area contributed by atoms with Gasteiger partial charge in [-0.25, -0.2) is 0 Å². The van der Waals surface area contributed by atoms with Crippen LogP contribution in [0.25, 0.3) is 0 Å². The molecule has 1 atom stereocenters. The van der Waals surface area contributed by atoms with E-state index >= 15 is 0 Å². The van der Waals surface area contributed by atoms with Crippen molar-refractivity contribution in [3.8, 4) is 0 Å². The van der Waals surface area contributed by atoms with E-state index in [0.717, 1.165) is 128 Å². The first-order valence-corrected chi connectivity index (χ1v) is 33.0. The Bertz CT molecular complexity index is 1640. The molecule has 0 radical (unpaired) electrons. The Morgan fingerprint density at radius 1 is 0.266 bits per heavy atom. The van der Waals surface area contributed by atoms with E-state index in [0.29, 0.717) is 19.3 Å². The molecule has 0 aliphatic carbocycles. The summed E-state index contributed by atoms with van der Waals surface area (Å²) in [4.78, 5) is 38.3. The van der Waals surface area contributed by atoms with Gasteiger partial charge in [-0.05, 0) is 135 Å². The summed E-state index contributed by atoms with van der Waals surface area (Å²) in [5.74, 6) is -0.922. The van der Waals surface area contributed by atoms with Gasteiger partial charge in [-0.3, -0.25) is 14.4 Å². The van der Waals surface area contributed by atoms with Crippen molar-refractivity contribution in [2.75, 3.05) is 13.2 Å². The minimum atomic E-state index is -0.797. The first kappa shape index (κ1) is 74.8. The molecule has 0 rings (SSSR count). The van der Waals surface area contributed by atoms with Crippen LogP contribution in [-0.2, 0) is 28.6 Å². The highest BCUT2D eigenvalue weighted by molar-refractivity contribution is 5.71. The lowest BCUT2D eigenvalue weighted by Crippen LogP contribution is -2.30. The second-order valence-corrected chi connectivity index (χ2v) is 21.6. The number of unbranched alkanes of at least 4 members (excludes halogenated alkanes) is 28. The average Bonchev–Trinajstić information content (AvgIpc) is 3.45. The Morgan fingerprint density at radius 3 is 0.797 bits per heavy atom. The van der Waals surface area contributed by atoms with E-state index < -0.39 is 6.10 Å². The summed E-state index contributed by atoms with van der Waals surface area (Å²) in [5, 5.41) is 0. The second kappa shape index (κ2) is 66.3. The fourth-order valence-corrected chi connectivity index (χ4v) is 8.98. The van der Waals surface area contributed by atoms with Crippen molar-refractivity contribution in [3.05, 3.63) is 122 Å². The zero-order chi connectivity index (χ0) is 57.1. The molecule has 0 N–H and O–H groups in total. The zero-order valence-electron chi connectivity index (χ0n) is 51.6. The van der Waals surface area contributed by atoms with E-state index in [9.17, 15) is 14.4 Å². The Morgan fingerprint density at radius 2 is 0.494 bits per heavy atom. The van der Waals surface area contributed by atoms with Crippen molar-refractivity contribution in [1.82, 2.24) is 0 Å². The third kappa shape index (κ3) is 64.5. The molecule has 0 aliphatic heterocycles. The van der Waals surface area contributed by atoms with E-state index in [1.54, 1.807) is 0 Å². The number of carbonyl (C=O) groups excluding carboxylic acids is 3. The van der Waals surface area contributed by atoms with Crippen molar-refractivity contribution in [1.29, 1.82) is 0 Å². The van der Waals surface area contributed by atoms with E-state index in [1.165, 1.54) is 135 Å². The fraction of sp³-hybridized carbons (Fsp3) is 0.685. The van der Waals surface area contributed by atoms with Gasteiger partial charge in [0.25, 0.3) is 0 Å². The van der Waals surface area contributed by atoms with Crippen molar-refractivity contribution in [2.45, 2.75) is 309 Å². The topological polar surface area (TPSA) is 78.9 Å². The highest BCUT2D eigenvalue weighted by Crippen LogP contribution is 2.15. The summed E-state index contributed by atoms with van der Waals surface area (Å²) >= 11 is 0. The molecule has 450 valence electrons. The highest BCUT2D eigenvalue weighted by atomic mass is 16.6. The van der Waals surface area contributed by atoms with Gasteiger partial charge in [0.15, 0.2) is 6.10 Å². The van der Waals surface area contributed by atoms with Crippen LogP contribution < -0.4 is 0 Å². The minimum absolute atomic E-state index is 0.0924. The predicted octanol–water partition coefficient (Wildman–Crippen LogP) is 22.8. The number of allylic oxidation sites excluding steroid dienone is 20. The van der Waals surface area contributed by atoms with Crippen LogP contribution in [0.15, 0.2) is 122 Å². The molecule has 1 unspecified atom stereocenters. The molecule has 0 spiro atoms. The number of rotatable bonds is 59. The van der Waals surface area contributed by atoms with Gasteiger partial charge >= 0.3 is 17.9 Å². The quantitative estimate of drug-likeness (QED) is 0.0261. The number of hydrogen-bond donors (Lipinski definition) is 0. The van der Waals surface area contributed by atoms with Gasteiger partial charge in [-0.1, -0.05) is 271 Å². The largest absolute Gasteiger partial charge is 0.462 e. The molecule has 0 saturated heterocycles. The minimum Gasteiger partial charge on any atom is -0.462 e. The third-order valence-corrected chi connectivity index (χ3v) is 13.9. The number of esters is 3. The van der Waals surface area contributed by atoms with Crippen LogP contribution in [0.3, 0.4) is 0 Å². The van der Waals surface area contributed by atoms with E-state index in [4.69, 9.17) is 14.2 Å². The lowest BCUT2D eigenvalue weighted by molar-refractivity contribution is -0.167. The Labute approximate surface area is 488 Å². The summed E-state index contributed by atoms with van der Waals surface area (Å²) in [6.07, 6.45) is 92.0. The first-order chi connectivity index (χ1) is 39.0. The van der Waals surface area contributed by atoms with Crippen LogP contribution in [0, 0.1) is 0 Å². The SMILES string of the molecule is CC/C=C\C/C=C\C/C=C\C/C=C\C/C=C\C/C=C\C/C=C\C/C=C\CCCCCCC(=O)OCC(COC(=O)CCCCCCC/C=C\CCCCCC)OC(=O)CCCCCCCCCCC/C=C\CCCCCCCC. The monoisotopic (exact) mass is 1090 g/mol. The molecule has 0 aromatic heterocycles. The molecule has 0 fully saturated rings. The van der Waals surface area contributed by atoms with Gasteiger partial charge in [0.05, 0.1) is 0 Å². The first-order valence-electron chi connectivity index (χ1n) is 33.0. The molecule has 0 saturated carbocycles. The van der Waals surface area contributed by atoms with Crippen LogP contribution in [0.4, 0.5) is 0 Å². The molecule has 0 aliphatic rings. The van der Waals surface area contributed by atoms with Gasteiger partial charge in [-0.2, -0.15) is 0 Å². The molecule has 6 nitrogen and oxygen atoms in total. The van der Waals surface area contributed by atoms with E-state index in [-0.39, 0.29) is 31.1 Å². The highest BCUT2D eigenvalue weighted by Gasteiger charge is 2.19. The number of carbonyl (C=O) groups is 3. The van der Waals surface area contributed by atoms with Crippen molar-refractivity contribution < 1.29 is 28.6 Å². The predicted molar refractivity (Wildman–Crippen MR) is 343 cm³/mol. The van der Waals surface area contributed by atoms with Crippen molar-refractivity contribution in [2.24, 2.45) is 0 Å². The van der Waals surface area contributed by atoms with Gasteiger partial charge in [0.2, 0.25) is 0 Å². The van der Waals surface area contributed by atoms with Crippen LogP contribution in [-0.4, -0.2) is 37.2 Å². The number of hydrogen-bond acceptors (Lipinski definition) is 6. The lowest BCUT2D eigenvalue weighted by atomic mass is 10.1. The molecule has 0 amide bonds. The molecular weight excluding hydrogens is 973 g/mol. The van der Waals surface area contributed by atoms with E-state index in [1.807, 2.05) is 0 Å². The number of ether oxygens (including phenoxy) is 3. The van der Waals surface area contributed by atoms with Crippen LogP contribution in [0.2, 0.25) is 0 Å². The van der Waals surface area contributed by atoms with Gasteiger partial charge in [0.1, 0.15) is 13.2 Å². The summed E-state index contributed by atoms with van der Waals surface area (Å²) in [6, 6.07) is 0. The maximum atomic E-state index is 12.9. The van der Waals surface area contributed by atoms with Crippen LogP contribution in [0.5, 0.6) is 0 Å². The normalized spacial score (nSPS) is 12.9. The van der Waals surface area contributed by atoms with Gasteiger partial charge in [-0.15, -0.1) is 0 Å². The maximum Gasteiger partial charge on any atom is 0.306 e. The van der Waals surface area contributed by atoms with Gasteiger partial charge < -0.3 is 14.2 Å². The Balaban J connectivity index is 4.39. The Hall–Kier alpha value is -4.19. The Kier molecular flexibility index (Phi) is 62.8. The molecule has 0 aromatic rings. The maximum absolute atomic E-state index is 12.9. The summed E-state index contributed by atoms with van der Waals surface area (Å²) < 4.78 is 16.9. The van der Waals surface area contributed by atoms with Crippen molar-refractivity contribution >= 4 is 17.9 Å². The molecule has 6 heteroatoms. The summed E-state index contributed by atoms with van der Waals surface area (Å²) in [5.41, 5.74) is 0. The smallest absolute Gasteiger partial charge is 0.306 e. The summed E-state index contributed by atoms with van der Waals surface area (Å²) in [6.45, 7) is 6.49.